The highest BCUT2D eigenvalue weighted by Crippen LogP contribution is 2.56. The van der Waals surface area contributed by atoms with Gasteiger partial charge in [-0.25, -0.2) is 0 Å². The van der Waals surface area contributed by atoms with Crippen molar-refractivity contribution in [2.24, 2.45) is 17.3 Å². The van der Waals surface area contributed by atoms with Gasteiger partial charge in [0.05, 0.1) is 6.10 Å². The Morgan fingerprint density at radius 3 is 2.22 bits per heavy atom. The Labute approximate surface area is 223 Å². The largest absolute Gasteiger partial charge is 0.458 e. The molecule has 208 valence electrons. The fourth-order valence-corrected chi connectivity index (χ4v) is 6.48. The molecular formula is C33H58O3. The number of hydrogen-bond donors (Lipinski definition) is 1. The number of aliphatic hydroxyl groups is 1. The van der Waals surface area contributed by atoms with Crippen molar-refractivity contribution < 1.29 is 14.6 Å². The minimum atomic E-state index is -0.224. The van der Waals surface area contributed by atoms with Crippen molar-refractivity contribution in [2.45, 2.75) is 162 Å². The molecule has 1 saturated carbocycles. The average Bonchev–Trinajstić information content (AvgIpc) is 2.85. The van der Waals surface area contributed by atoms with Gasteiger partial charge in [0.2, 0.25) is 0 Å². The molecule has 1 N–H and O–H groups in total. The molecule has 2 aliphatic carbocycles. The molecule has 3 nitrogen and oxygen atoms in total. The second kappa shape index (κ2) is 16.7. The molecule has 0 aromatic rings. The lowest BCUT2D eigenvalue weighted by molar-refractivity contribution is -0.147. The number of fused-ring (bicyclic) bond motifs is 1. The molecule has 0 amide bonds. The maximum Gasteiger partial charge on any atom is 0.306 e. The van der Waals surface area contributed by atoms with E-state index in [-0.39, 0.29) is 18.2 Å². The average molecular weight is 503 g/mol. The van der Waals surface area contributed by atoms with Crippen molar-refractivity contribution in [3.8, 4) is 0 Å². The minimum absolute atomic E-state index is 0.106. The van der Waals surface area contributed by atoms with Crippen LogP contribution < -0.4 is 0 Å². The zero-order chi connectivity index (χ0) is 26.4. The fourth-order valence-electron chi connectivity index (χ4n) is 6.48. The fraction of sp³-hybridized carbons (Fsp3) is 0.848. The maximum atomic E-state index is 12.5. The molecule has 0 aromatic heterocycles. The van der Waals surface area contributed by atoms with Crippen LogP contribution in [-0.2, 0) is 9.53 Å². The highest BCUT2D eigenvalue weighted by Gasteiger charge is 2.47. The van der Waals surface area contributed by atoms with E-state index in [1.807, 2.05) is 0 Å². The molecule has 0 heterocycles. The number of carbonyl (C=O) groups is 1. The van der Waals surface area contributed by atoms with E-state index >= 15 is 0 Å². The topological polar surface area (TPSA) is 46.5 Å². The first-order valence-corrected chi connectivity index (χ1v) is 15.5. The summed E-state index contributed by atoms with van der Waals surface area (Å²) in [6.45, 7) is 13.6. The summed E-state index contributed by atoms with van der Waals surface area (Å²) in [5.74, 6) is 1.18. The molecule has 2 rings (SSSR count). The van der Waals surface area contributed by atoms with Crippen LogP contribution in [0.4, 0.5) is 0 Å². The van der Waals surface area contributed by atoms with Gasteiger partial charge in [0, 0.05) is 12.8 Å². The van der Waals surface area contributed by atoms with E-state index in [2.05, 4.69) is 40.3 Å². The van der Waals surface area contributed by atoms with Gasteiger partial charge < -0.3 is 9.84 Å². The van der Waals surface area contributed by atoms with Crippen molar-refractivity contribution in [3.05, 3.63) is 23.8 Å². The van der Waals surface area contributed by atoms with Crippen molar-refractivity contribution in [3.63, 3.8) is 0 Å². The van der Waals surface area contributed by atoms with Gasteiger partial charge in [0.1, 0.15) is 6.10 Å². The van der Waals surface area contributed by atoms with Crippen molar-refractivity contribution in [2.75, 3.05) is 0 Å². The van der Waals surface area contributed by atoms with Crippen LogP contribution in [0.3, 0.4) is 0 Å². The molecule has 3 heteroatoms. The summed E-state index contributed by atoms with van der Waals surface area (Å²) in [6.07, 6.45) is 23.1. The summed E-state index contributed by atoms with van der Waals surface area (Å²) in [6, 6.07) is 0. The van der Waals surface area contributed by atoms with Gasteiger partial charge in [0.25, 0.3) is 0 Å². The molecule has 36 heavy (non-hydrogen) atoms. The third-order valence-electron chi connectivity index (χ3n) is 8.89. The number of rotatable bonds is 17. The summed E-state index contributed by atoms with van der Waals surface area (Å²) in [4.78, 5) is 12.5. The molecule has 0 radical (unpaired) electrons. The van der Waals surface area contributed by atoms with E-state index in [9.17, 15) is 9.90 Å². The molecule has 2 aliphatic rings. The summed E-state index contributed by atoms with van der Waals surface area (Å²) >= 11 is 0. The highest BCUT2D eigenvalue weighted by atomic mass is 16.5. The van der Waals surface area contributed by atoms with Crippen molar-refractivity contribution >= 4 is 5.97 Å². The molecule has 0 unspecified atom stereocenters. The molecule has 0 saturated heterocycles. The van der Waals surface area contributed by atoms with Gasteiger partial charge in [-0.1, -0.05) is 109 Å². The standard InChI is InChI=1S/C33H58O3/c1-6-7-8-9-10-11-12-13-14-15-18-28(34)19-16-17-20-32(35)36-29-23-26(2)21-22-31-30(27(3)24-29)25-33(31,4)5/h23,28-31,34H,3,6-22,24-25H2,1-2,4-5H3/b26-23+/t28-,29-,30+,31+/m0/s1. The number of esters is 1. The lowest BCUT2D eigenvalue weighted by Crippen LogP contribution is -2.44. The second-order valence-electron chi connectivity index (χ2n) is 12.7. The number of allylic oxidation sites excluding steroid dienone is 1. The Morgan fingerprint density at radius 2 is 1.61 bits per heavy atom. The first-order valence-electron chi connectivity index (χ1n) is 15.5. The zero-order valence-corrected chi connectivity index (χ0v) is 24.3. The summed E-state index contributed by atoms with van der Waals surface area (Å²) in [5.41, 5.74) is 3.00. The van der Waals surface area contributed by atoms with Gasteiger partial charge >= 0.3 is 5.97 Å². The molecular weight excluding hydrogens is 444 g/mol. The van der Waals surface area contributed by atoms with Crippen LogP contribution in [0.1, 0.15) is 150 Å². The Bertz CT molecular complexity index is 676. The Morgan fingerprint density at radius 1 is 1.03 bits per heavy atom. The quantitative estimate of drug-likeness (QED) is 0.122. The van der Waals surface area contributed by atoms with Crippen molar-refractivity contribution in [1.82, 2.24) is 0 Å². The molecule has 0 aliphatic heterocycles. The molecule has 1 fully saturated rings. The number of carbonyl (C=O) groups excluding carboxylic acids is 1. The monoisotopic (exact) mass is 502 g/mol. The molecule has 0 spiro atoms. The first kappa shape index (κ1) is 31.1. The third kappa shape index (κ3) is 11.5. The zero-order valence-electron chi connectivity index (χ0n) is 24.3. The Hall–Kier alpha value is -1.09. The maximum absolute atomic E-state index is 12.5. The van der Waals surface area contributed by atoms with Crippen molar-refractivity contribution in [1.29, 1.82) is 0 Å². The van der Waals surface area contributed by atoms with Gasteiger partial charge in [-0.15, -0.1) is 0 Å². The predicted octanol–water partition coefficient (Wildman–Crippen LogP) is 9.48. The number of aliphatic hydroxyl groups excluding tert-OH is 1. The van der Waals surface area contributed by atoms with Crippen LogP contribution >= 0.6 is 0 Å². The van der Waals surface area contributed by atoms with Crippen LogP contribution in [0.15, 0.2) is 23.8 Å². The van der Waals surface area contributed by atoms with E-state index in [1.54, 1.807) is 0 Å². The van der Waals surface area contributed by atoms with Gasteiger partial charge in [0.15, 0.2) is 0 Å². The Balaban J connectivity index is 1.54. The van der Waals surface area contributed by atoms with Crippen LogP contribution in [0.25, 0.3) is 0 Å². The first-order chi connectivity index (χ1) is 17.2. The number of unbranched alkanes of at least 4 members (excludes halogenated alkanes) is 10. The van der Waals surface area contributed by atoms with Crippen LogP contribution in [0, 0.1) is 17.3 Å². The van der Waals surface area contributed by atoms with Crippen LogP contribution in [-0.4, -0.2) is 23.3 Å². The summed E-state index contributed by atoms with van der Waals surface area (Å²) in [7, 11) is 0. The van der Waals surface area contributed by atoms with E-state index in [4.69, 9.17) is 4.74 Å². The van der Waals surface area contributed by atoms with E-state index < -0.39 is 0 Å². The van der Waals surface area contributed by atoms with Crippen LogP contribution in [0.5, 0.6) is 0 Å². The minimum Gasteiger partial charge on any atom is -0.458 e. The molecule has 4 atom stereocenters. The van der Waals surface area contributed by atoms with Gasteiger partial charge in [-0.3, -0.25) is 4.79 Å². The number of hydrogen-bond acceptors (Lipinski definition) is 3. The predicted molar refractivity (Wildman–Crippen MR) is 153 cm³/mol. The van der Waals surface area contributed by atoms with E-state index in [0.717, 1.165) is 44.9 Å². The lowest BCUT2D eigenvalue weighted by Gasteiger charge is -2.53. The highest BCUT2D eigenvalue weighted by molar-refractivity contribution is 5.69. The van der Waals surface area contributed by atoms with Gasteiger partial charge in [-0.05, 0) is 68.8 Å². The van der Waals surface area contributed by atoms with E-state index in [1.165, 1.54) is 81.8 Å². The normalized spacial score (nSPS) is 26.0. The third-order valence-corrected chi connectivity index (χ3v) is 8.89. The van der Waals surface area contributed by atoms with E-state index in [0.29, 0.717) is 23.7 Å². The summed E-state index contributed by atoms with van der Waals surface area (Å²) in [5, 5.41) is 10.3. The number of ether oxygens (including phenoxy) is 1. The molecule has 0 aromatic carbocycles. The second-order valence-corrected chi connectivity index (χ2v) is 12.7. The van der Waals surface area contributed by atoms with Gasteiger partial charge in [-0.2, -0.15) is 0 Å². The Kier molecular flexibility index (Phi) is 14.4. The van der Waals surface area contributed by atoms with Crippen LogP contribution in [0.2, 0.25) is 0 Å². The lowest BCUT2D eigenvalue weighted by atomic mass is 9.52. The molecule has 0 bridgehead atoms. The summed E-state index contributed by atoms with van der Waals surface area (Å²) < 4.78 is 5.89. The smallest absolute Gasteiger partial charge is 0.306 e. The SMILES string of the molecule is C=C1C[C@@H](OC(=O)CCCC[C@@H](O)CCCCCCCCCCCC)/C=C(\C)CC[C@@H]2[C@@H]1CC2(C)C.